The van der Waals surface area contributed by atoms with E-state index in [9.17, 15) is 17.8 Å². The third-order valence-corrected chi connectivity index (χ3v) is 3.41. The number of carboxylic acid groups (broad SMARTS) is 1. The van der Waals surface area contributed by atoms with Gasteiger partial charge in [0.1, 0.15) is 21.4 Å². The van der Waals surface area contributed by atoms with Crippen molar-refractivity contribution >= 4 is 16.1 Å². The van der Waals surface area contributed by atoms with Crippen LogP contribution in [0.25, 0.3) is 0 Å². The van der Waals surface area contributed by atoms with Gasteiger partial charge in [0.25, 0.3) is 0 Å². The highest BCUT2D eigenvalue weighted by atomic mass is 32.2. The number of aromatic amines is 1. The number of H-pyrrole nitrogens is 1. The number of aromatic nitrogens is 1. The normalized spacial score (nSPS) is 10.0. The highest BCUT2D eigenvalue weighted by molar-refractivity contribution is 7.85. The molecule has 2 rings (SSSR count). The maximum Gasteiger partial charge on any atom is 0.339 e. The van der Waals surface area contributed by atoms with Crippen LogP contribution in [0.4, 0.5) is 0 Å². The van der Waals surface area contributed by atoms with Gasteiger partial charge < -0.3 is 20.2 Å². The van der Waals surface area contributed by atoms with E-state index in [1.807, 2.05) is 32.0 Å². The van der Waals surface area contributed by atoms with E-state index in [0.29, 0.717) is 6.07 Å². The van der Waals surface area contributed by atoms with Crippen LogP contribution in [0.5, 0.6) is 5.75 Å². The molecule has 0 bridgehead atoms. The Bertz CT molecular complexity index is 770. The van der Waals surface area contributed by atoms with Gasteiger partial charge in [-0.15, -0.1) is 0 Å². The van der Waals surface area contributed by atoms with Gasteiger partial charge in [-0.2, -0.15) is 0 Å². The maximum atomic E-state index is 10.5. The van der Waals surface area contributed by atoms with E-state index in [-0.39, 0.29) is 5.48 Å². The molecule has 0 spiro atoms. The second-order valence-corrected chi connectivity index (χ2v) is 5.83. The molecule has 23 heavy (non-hydrogen) atoms. The molecule has 9 heteroatoms. The van der Waals surface area contributed by atoms with Crippen molar-refractivity contribution in [2.24, 2.45) is 0 Å². The van der Waals surface area contributed by atoms with Gasteiger partial charge in [0.15, 0.2) is 11.4 Å². The zero-order chi connectivity index (χ0) is 16.9. The van der Waals surface area contributed by atoms with Crippen molar-refractivity contribution in [2.45, 2.75) is 18.7 Å². The Kier molecular flexibility index (Phi) is 7.33. The summed E-state index contributed by atoms with van der Waals surface area (Å²) in [5.74, 6) is -2.10. The first-order valence-electron chi connectivity index (χ1n) is 6.09. The van der Waals surface area contributed by atoms with Gasteiger partial charge in [-0.25, -0.2) is 18.2 Å². The van der Waals surface area contributed by atoms with Crippen molar-refractivity contribution in [3.63, 3.8) is 0 Å². The van der Waals surface area contributed by atoms with E-state index in [1.165, 1.54) is 11.4 Å². The number of aromatic carboxylic acids is 1. The molecule has 0 saturated heterocycles. The van der Waals surface area contributed by atoms with Crippen LogP contribution in [0.15, 0.2) is 41.3 Å². The molecule has 0 saturated carbocycles. The van der Waals surface area contributed by atoms with Crippen molar-refractivity contribution in [3.05, 3.63) is 53.3 Å². The summed E-state index contributed by atoms with van der Waals surface area (Å²) in [6.07, 6.45) is 0. The van der Waals surface area contributed by atoms with Crippen LogP contribution in [0, 0.1) is 13.8 Å². The Morgan fingerprint density at radius 1 is 1.13 bits per heavy atom. The molecule has 2 aromatic rings. The number of carboxylic acids is 1. The SMILES string of the molecule is Cc1cccc(C)[nH+]1.O.O=C(O)c1cc(S(=O)(=O)[O-])ccc1O. The third-order valence-electron chi connectivity index (χ3n) is 2.57. The van der Waals surface area contributed by atoms with E-state index in [4.69, 9.17) is 10.2 Å². The first-order chi connectivity index (χ1) is 10.1. The Balaban J connectivity index is 0.000000460. The monoisotopic (exact) mass is 343 g/mol. The lowest BCUT2D eigenvalue weighted by Gasteiger charge is -2.08. The van der Waals surface area contributed by atoms with Crippen LogP contribution in [-0.2, 0) is 10.1 Å². The smallest absolute Gasteiger partial charge is 0.339 e. The minimum atomic E-state index is -4.70. The molecular weight excluding hydrogens is 326 g/mol. The Hall–Kier alpha value is -2.49. The number of hydrogen-bond acceptors (Lipinski definition) is 5. The minimum Gasteiger partial charge on any atom is -0.744 e. The van der Waals surface area contributed by atoms with Crippen molar-refractivity contribution < 1.29 is 38.4 Å². The Morgan fingerprint density at radius 2 is 1.65 bits per heavy atom. The number of aromatic hydroxyl groups is 1. The maximum absolute atomic E-state index is 10.5. The number of pyridine rings is 1. The summed E-state index contributed by atoms with van der Waals surface area (Å²) >= 11 is 0. The number of hydrogen-bond donors (Lipinski definition) is 2. The summed E-state index contributed by atoms with van der Waals surface area (Å²) in [7, 11) is -4.70. The van der Waals surface area contributed by atoms with Gasteiger partial charge in [0.05, 0.1) is 4.90 Å². The van der Waals surface area contributed by atoms with E-state index in [0.717, 1.165) is 12.1 Å². The highest BCUT2D eigenvalue weighted by Crippen LogP contribution is 2.20. The predicted octanol–water partition coefficient (Wildman–Crippen LogP) is 0.287. The van der Waals surface area contributed by atoms with E-state index < -0.39 is 32.3 Å². The molecular formula is C14H17NO7S. The van der Waals surface area contributed by atoms with Gasteiger partial charge in [-0.05, 0) is 24.3 Å². The summed E-state index contributed by atoms with van der Waals surface area (Å²) in [6.45, 7) is 4.10. The van der Waals surface area contributed by atoms with Crippen molar-refractivity contribution in [3.8, 4) is 5.75 Å². The zero-order valence-electron chi connectivity index (χ0n) is 12.4. The lowest BCUT2D eigenvalue weighted by molar-refractivity contribution is -0.396. The third kappa shape index (κ3) is 6.43. The zero-order valence-corrected chi connectivity index (χ0v) is 13.2. The molecule has 5 N–H and O–H groups in total. The quantitative estimate of drug-likeness (QED) is 0.745. The van der Waals surface area contributed by atoms with Gasteiger partial charge in [0.2, 0.25) is 0 Å². The first-order valence-corrected chi connectivity index (χ1v) is 7.50. The molecule has 1 aromatic heterocycles. The van der Waals surface area contributed by atoms with Crippen molar-refractivity contribution in [1.29, 1.82) is 0 Å². The second-order valence-electron chi connectivity index (χ2n) is 4.46. The van der Waals surface area contributed by atoms with Gasteiger partial charge in [-0.1, -0.05) is 0 Å². The van der Waals surface area contributed by atoms with Crippen LogP contribution >= 0.6 is 0 Å². The predicted molar refractivity (Wildman–Crippen MR) is 79.1 cm³/mol. The largest absolute Gasteiger partial charge is 0.744 e. The molecule has 0 aliphatic carbocycles. The van der Waals surface area contributed by atoms with Crippen LogP contribution in [0.1, 0.15) is 21.7 Å². The van der Waals surface area contributed by atoms with Crippen molar-refractivity contribution in [2.75, 3.05) is 0 Å². The average Bonchev–Trinajstić information content (AvgIpc) is 2.37. The van der Waals surface area contributed by atoms with E-state index >= 15 is 0 Å². The number of aryl methyl sites for hydroxylation is 2. The standard InChI is InChI=1S/C7H9N.C7H6O6S.H2O/c1-6-4-3-5-7(2)8-6;8-6-2-1-4(14(11,12)13)3-5(6)7(9)10;/h3-5H,1-2H3;1-3,8H,(H,9,10)(H,11,12,13);1H2. The molecule has 0 aliphatic heterocycles. The number of phenols is 1. The second kappa shape index (κ2) is 8.22. The number of benzene rings is 1. The van der Waals surface area contributed by atoms with Crippen molar-refractivity contribution in [1.82, 2.24) is 0 Å². The van der Waals surface area contributed by atoms with Gasteiger partial charge in [-0.3, -0.25) is 0 Å². The average molecular weight is 343 g/mol. The highest BCUT2D eigenvalue weighted by Gasteiger charge is 2.12. The molecule has 0 radical (unpaired) electrons. The Labute approximate surface area is 133 Å². The molecule has 1 heterocycles. The molecule has 0 aliphatic rings. The molecule has 0 fully saturated rings. The van der Waals surface area contributed by atoms with Gasteiger partial charge >= 0.3 is 5.97 Å². The fraction of sp³-hybridized carbons (Fsp3) is 0.143. The fourth-order valence-electron chi connectivity index (χ4n) is 1.57. The van der Waals surface area contributed by atoms with Crippen LogP contribution in [0.2, 0.25) is 0 Å². The molecule has 126 valence electrons. The summed E-state index contributed by atoms with van der Waals surface area (Å²) in [4.78, 5) is 12.9. The number of rotatable bonds is 2. The lowest BCUT2D eigenvalue weighted by atomic mass is 10.2. The number of carbonyl (C=O) groups is 1. The molecule has 0 atom stereocenters. The van der Waals surface area contributed by atoms with E-state index in [1.54, 1.807) is 0 Å². The van der Waals surface area contributed by atoms with Crippen LogP contribution < -0.4 is 4.98 Å². The summed E-state index contributed by atoms with van der Waals surface area (Å²) in [5, 5.41) is 17.5. The molecule has 0 amide bonds. The van der Waals surface area contributed by atoms with E-state index in [2.05, 4.69) is 4.98 Å². The Morgan fingerprint density at radius 3 is 2.00 bits per heavy atom. The van der Waals surface area contributed by atoms with Crippen LogP contribution in [0.3, 0.4) is 0 Å². The number of nitrogens with one attached hydrogen (secondary N) is 1. The summed E-state index contributed by atoms with van der Waals surface area (Å²) in [5.41, 5.74) is 1.80. The lowest BCUT2D eigenvalue weighted by Crippen LogP contribution is -2.09. The first kappa shape index (κ1) is 20.5. The molecule has 0 unspecified atom stereocenters. The fourth-order valence-corrected chi connectivity index (χ4v) is 2.07. The summed E-state index contributed by atoms with van der Waals surface area (Å²) in [6, 6.07) is 8.43. The topological polar surface area (TPSA) is 160 Å². The summed E-state index contributed by atoms with van der Waals surface area (Å²) < 4.78 is 31.5. The van der Waals surface area contributed by atoms with Crippen LogP contribution in [-0.4, -0.2) is 34.6 Å². The minimum absolute atomic E-state index is 0. The molecule has 1 aromatic carbocycles. The van der Waals surface area contributed by atoms with Gasteiger partial charge in [0, 0.05) is 26.0 Å². The molecule has 8 nitrogen and oxygen atoms in total.